The molecule has 1 spiro atoms. The first kappa shape index (κ1) is 22.5. The molecular formula is C26H28N4O4S. The Morgan fingerprint density at radius 2 is 1.80 bits per heavy atom. The van der Waals surface area contributed by atoms with E-state index in [2.05, 4.69) is 26.6 Å². The van der Waals surface area contributed by atoms with Gasteiger partial charge >= 0.3 is 0 Å². The maximum Gasteiger partial charge on any atom is 0.297 e. The molecule has 9 heteroatoms. The van der Waals surface area contributed by atoms with Gasteiger partial charge in [0.2, 0.25) is 0 Å². The number of rotatable bonds is 7. The quantitative estimate of drug-likeness (QED) is 0.286. The molecular weight excluding hydrogens is 464 g/mol. The smallest absolute Gasteiger partial charge is 0.297 e. The number of hydrogen-bond donors (Lipinski definition) is 0. The molecule has 0 amide bonds. The van der Waals surface area contributed by atoms with E-state index in [1.165, 1.54) is 0 Å². The molecule has 0 bridgehead atoms. The summed E-state index contributed by atoms with van der Waals surface area (Å²) in [6.45, 7) is 4.14. The lowest BCUT2D eigenvalue weighted by Crippen LogP contribution is -2.64. The van der Waals surface area contributed by atoms with E-state index < -0.39 is 10.1 Å². The monoisotopic (exact) mass is 492 g/mol. The number of ether oxygens (including phenoxy) is 1. The van der Waals surface area contributed by atoms with Gasteiger partial charge in [-0.05, 0) is 50.1 Å². The normalized spacial score (nSPS) is 17.7. The van der Waals surface area contributed by atoms with Crippen molar-refractivity contribution in [3.8, 4) is 0 Å². The first-order valence-electron chi connectivity index (χ1n) is 11.9. The minimum Gasteiger partial charge on any atom is -0.376 e. The van der Waals surface area contributed by atoms with Crippen molar-refractivity contribution in [2.75, 3.05) is 31.2 Å². The molecule has 2 aliphatic rings. The highest BCUT2D eigenvalue weighted by Crippen LogP contribution is 2.50. The predicted molar refractivity (Wildman–Crippen MR) is 134 cm³/mol. The van der Waals surface area contributed by atoms with Crippen molar-refractivity contribution in [2.45, 2.75) is 30.8 Å². The van der Waals surface area contributed by atoms with E-state index in [0.29, 0.717) is 0 Å². The van der Waals surface area contributed by atoms with Crippen LogP contribution in [0.4, 0.5) is 5.82 Å². The van der Waals surface area contributed by atoms with Crippen LogP contribution in [0.2, 0.25) is 0 Å². The van der Waals surface area contributed by atoms with Gasteiger partial charge in [-0.15, -0.1) is 0 Å². The molecule has 0 radical (unpaired) electrons. The van der Waals surface area contributed by atoms with Crippen LogP contribution >= 0.6 is 0 Å². The number of hydrogen-bond acceptors (Lipinski definition) is 7. The second kappa shape index (κ2) is 8.29. The summed E-state index contributed by atoms with van der Waals surface area (Å²) in [4.78, 5) is 11.7. The van der Waals surface area contributed by atoms with Crippen LogP contribution in [-0.2, 0) is 26.1 Å². The molecule has 2 fully saturated rings. The van der Waals surface area contributed by atoms with Crippen molar-refractivity contribution in [1.82, 2.24) is 14.5 Å². The zero-order valence-electron chi connectivity index (χ0n) is 19.8. The van der Waals surface area contributed by atoms with E-state index in [0.717, 1.165) is 59.2 Å². The molecule has 0 atom stereocenters. The van der Waals surface area contributed by atoms with Crippen LogP contribution in [0.3, 0.4) is 0 Å². The SMILES string of the molecule is Cc1ccc(S(=O)(=O)OCCOC2CC3(C2)CN(c2ccc4c5cnccc5n(C)c4n2)C3)cc1. The van der Waals surface area contributed by atoms with E-state index >= 15 is 0 Å². The molecule has 35 heavy (non-hydrogen) atoms. The first-order valence-corrected chi connectivity index (χ1v) is 13.3. The van der Waals surface area contributed by atoms with Crippen molar-refractivity contribution in [3.63, 3.8) is 0 Å². The van der Waals surface area contributed by atoms with Gasteiger partial charge in [0.05, 0.1) is 29.7 Å². The summed E-state index contributed by atoms with van der Waals surface area (Å²) in [6.07, 6.45) is 5.83. The zero-order chi connectivity index (χ0) is 24.2. The van der Waals surface area contributed by atoms with E-state index in [1.807, 2.05) is 32.4 Å². The van der Waals surface area contributed by atoms with Crippen molar-refractivity contribution in [3.05, 3.63) is 60.4 Å². The van der Waals surface area contributed by atoms with Crippen LogP contribution in [-0.4, -0.2) is 55.4 Å². The van der Waals surface area contributed by atoms with E-state index in [1.54, 1.807) is 24.3 Å². The predicted octanol–water partition coefficient (Wildman–Crippen LogP) is 3.82. The third-order valence-corrected chi connectivity index (χ3v) is 8.64. The van der Waals surface area contributed by atoms with Crippen molar-refractivity contribution >= 4 is 37.9 Å². The average Bonchev–Trinajstić information content (AvgIpc) is 3.08. The Balaban J connectivity index is 0.993. The topological polar surface area (TPSA) is 86.6 Å². The van der Waals surface area contributed by atoms with Gasteiger partial charge in [-0.1, -0.05) is 17.7 Å². The number of benzene rings is 1. The van der Waals surface area contributed by atoms with Gasteiger partial charge in [0.15, 0.2) is 0 Å². The van der Waals surface area contributed by atoms with Gasteiger partial charge < -0.3 is 14.2 Å². The van der Waals surface area contributed by atoms with Crippen LogP contribution in [0.25, 0.3) is 21.9 Å². The van der Waals surface area contributed by atoms with Crippen LogP contribution in [0.1, 0.15) is 18.4 Å². The fraction of sp³-hybridized carbons (Fsp3) is 0.385. The highest BCUT2D eigenvalue weighted by atomic mass is 32.2. The molecule has 4 heterocycles. The molecule has 8 nitrogen and oxygen atoms in total. The summed E-state index contributed by atoms with van der Waals surface area (Å²) in [5, 5.41) is 2.25. The van der Waals surface area contributed by atoms with Gasteiger partial charge in [-0.3, -0.25) is 9.17 Å². The molecule has 4 aromatic rings. The molecule has 3 aromatic heterocycles. The van der Waals surface area contributed by atoms with Crippen LogP contribution < -0.4 is 4.90 Å². The summed E-state index contributed by atoms with van der Waals surface area (Å²) in [5.41, 5.74) is 3.39. The minimum atomic E-state index is -3.74. The summed E-state index contributed by atoms with van der Waals surface area (Å²) in [6, 6.07) is 12.9. The second-order valence-electron chi connectivity index (χ2n) is 9.84. The van der Waals surface area contributed by atoms with Crippen molar-refractivity contribution < 1.29 is 17.3 Å². The zero-order valence-corrected chi connectivity index (χ0v) is 20.7. The Morgan fingerprint density at radius 1 is 1.03 bits per heavy atom. The van der Waals surface area contributed by atoms with Gasteiger partial charge in [0.25, 0.3) is 10.1 Å². The average molecular weight is 493 g/mol. The Bertz CT molecular complexity index is 1500. The number of aryl methyl sites for hydroxylation is 2. The molecule has 182 valence electrons. The highest BCUT2D eigenvalue weighted by Gasteiger charge is 2.53. The Hall–Kier alpha value is -3.01. The number of aromatic nitrogens is 3. The Labute approximate surface area is 204 Å². The summed E-state index contributed by atoms with van der Waals surface area (Å²) in [7, 11) is -1.70. The fourth-order valence-electron chi connectivity index (χ4n) is 5.42. The van der Waals surface area contributed by atoms with Crippen LogP contribution in [0.5, 0.6) is 0 Å². The fourth-order valence-corrected chi connectivity index (χ4v) is 6.31. The van der Waals surface area contributed by atoms with Crippen molar-refractivity contribution in [2.24, 2.45) is 12.5 Å². The maximum atomic E-state index is 12.3. The van der Waals surface area contributed by atoms with Gasteiger partial charge in [-0.25, -0.2) is 4.98 Å². The number of nitrogens with zero attached hydrogens (tertiary/aromatic N) is 4. The third-order valence-electron chi connectivity index (χ3n) is 7.31. The largest absolute Gasteiger partial charge is 0.376 e. The Kier molecular flexibility index (Phi) is 5.32. The summed E-state index contributed by atoms with van der Waals surface area (Å²) >= 11 is 0. The molecule has 0 unspecified atom stereocenters. The molecule has 1 saturated carbocycles. The second-order valence-corrected chi connectivity index (χ2v) is 11.5. The summed E-state index contributed by atoms with van der Waals surface area (Å²) < 4.78 is 37.7. The van der Waals surface area contributed by atoms with Crippen molar-refractivity contribution in [1.29, 1.82) is 0 Å². The Morgan fingerprint density at radius 3 is 2.57 bits per heavy atom. The van der Waals surface area contributed by atoms with Gasteiger partial charge in [0, 0.05) is 48.7 Å². The maximum absolute atomic E-state index is 12.3. The van der Waals surface area contributed by atoms with E-state index in [9.17, 15) is 8.42 Å². The number of anilines is 1. The minimum absolute atomic E-state index is 0.0241. The molecule has 1 aliphatic carbocycles. The highest BCUT2D eigenvalue weighted by molar-refractivity contribution is 7.86. The van der Waals surface area contributed by atoms with E-state index in [4.69, 9.17) is 13.9 Å². The van der Waals surface area contributed by atoms with Crippen LogP contribution in [0, 0.1) is 12.3 Å². The molecule has 6 rings (SSSR count). The molecule has 1 aromatic carbocycles. The van der Waals surface area contributed by atoms with Gasteiger partial charge in [-0.2, -0.15) is 8.42 Å². The lowest BCUT2D eigenvalue weighted by atomic mass is 9.62. The van der Waals surface area contributed by atoms with E-state index in [-0.39, 0.29) is 29.6 Å². The molecule has 1 saturated heterocycles. The first-order chi connectivity index (χ1) is 16.8. The standard InChI is InChI=1S/C26H28N4O4S/c1-18-3-5-20(6-4-18)35(31,32)34-12-11-33-19-13-26(14-19)16-30(17-26)24-8-7-21-22-15-27-10-9-23(22)29(2)25(21)28-24/h3-10,15,19H,11-14,16-17H2,1-2H3. The number of fused-ring (bicyclic) bond motifs is 3. The lowest BCUT2D eigenvalue weighted by Gasteiger charge is -2.59. The van der Waals surface area contributed by atoms with Crippen LogP contribution in [0.15, 0.2) is 59.8 Å². The third kappa shape index (κ3) is 3.97. The molecule has 0 N–H and O–H groups in total. The number of pyridine rings is 2. The summed E-state index contributed by atoms with van der Waals surface area (Å²) in [5.74, 6) is 1.00. The van der Waals surface area contributed by atoms with Gasteiger partial charge in [0.1, 0.15) is 11.5 Å². The lowest BCUT2D eigenvalue weighted by molar-refractivity contribution is -0.0974. The molecule has 1 aliphatic heterocycles.